The zero-order chi connectivity index (χ0) is 20.2. The number of methoxy groups -OCH3 is 1. The topological polar surface area (TPSA) is 93.5 Å². The molecule has 1 amide bonds. The van der Waals surface area contributed by atoms with Crippen molar-refractivity contribution in [1.82, 2.24) is 5.32 Å². The van der Waals surface area contributed by atoms with Gasteiger partial charge in [-0.05, 0) is 52.9 Å². The average Bonchev–Trinajstić information content (AvgIpc) is 2.60. The molecule has 7 nitrogen and oxygen atoms in total. The Hall–Kier alpha value is -1.49. The van der Waals surface area contributed by atoms with Crippen LogP contribution in [-0.2, 0) is 0 Å². The van der Waals surface area contributed by atoms with Crippen molar-refractivity contribution in [2.45, 2.75) is 9.96 Å². The number of halogens is 4. The number of amides is 1. The maximum absolute atomic E-state index is 12.5. The third kappa shape index (κ3) is 6.00. The van der Waals surface area contributed by atoms with Gasteiger partial charge in [-0.3, -0.25) is 14.9 Å². The first-order valence-corrected chi connectivity index (χ1v) is 9.55. The molecule has 2 aromatic rings. The van der Waals surface area contributed by atoms with Gasteiger partial charge >= 0.3 is 0 Å². The van der Waals surface area contributed by atoms with E-state index in [1.54, 1.807) is 18.2 Å². The second kappa shape index (κ2) is 9.13. The average molecular weight is 545 g/mol. The first kappa shape index (κ1) is 21.8. The number of alkyl halides is 3. The Morgan fingerprint density at radius 3 is 2.52 bits per heavy atom. The molecular formula is C16H13Cl3IN3O4. The normalized spacial score (nSPS) is 12.2. The molecule has 144 valence electrons. The third-order valence-electron chi connectivity index (χ3n) is 3.39. The molecule has 0 heterocycles. The summed E-state index contributed by atoms with van der Waals surface area (Å²) in [5, 5.41) is 16.6. The van der Waals surface area contributed by atoms with Gasteiger partial charge in [0.15, 0.2) is 0 Å². The minimum Gasteiger partial charge on any atom is -0.496 e. The van der Waals surface area contributed by atoms with Crippen molar-refractivity contribution in [2.75, 3.05) is 12.4 Å². The summed E-state index contributed by atoms with van der Waals surface area (Å²) in [4.78, 5) is 23.2. The van der Waals surface area contributed by atoms with Crippen LogP contribution in [0.2, 0.25) is 0 Å². The Morgan fingerprint density at radius 1 is 1.26 bits per heavy atom. The second-order valence-corrected chi connectivity index (χ2v) is 8.86. The van der Waals surface area contributed by atoms with Crippen molar-refractivity contribution in [1.29, 1.82) is 0 Å². The summed E-state index contributed by atoms with van der Waals surface area (Å²) < 4.78 is 3.86. The van der Waals surface area contributed by atoms with E-state index in [2.05, 4.69) is 33.2 Å². The van der Waals surface area contributed by atoms with E-state index in [4.69, 9.17) is 39.5 Å². The molecule has 0 aromatic heterocycles. The molecule has 2 N–H and O–H groups in total. The van der Waals surface area contributed by atoms with Crippen molar-refractivity contribution in [3.05, 3.63) is 61.7 Å². The third-order valence-corrected chi connectivity index (χ3v) is 4.72. The van der Waals surface area contributed by atoms with Crippen LogP contribution in [0, 0.1) is 13.7 Å². The number of nitrogens with one attached hydrogen (secondary N) is 2. The highest BCUT2D eigenvalue weighted by Gasteiger charge is 2.35. The summed E-state index contributed by atoms with van der Waals surface area (Å²) in [5.74, 6) is -0.214. The number of carbonyl (C=O) groups excluding carboxylic acids is 1. The van der Waals surface area contributed by atoms with Gasteiger partial charge in [0.05, 0.1) is 18.1 Å². The standard InChI is InChI=1S/C16H13Cl3IN3O4/c1-27-11-5-6-12(13(8-11)23(25)26)21-15(16(17,18)19)22-14(24)9-3-2-4-10(20)7-9/h2-8,15,21H,1H3,(H,22,24)/t15-/m1/s1. The van der Waals surface area contributed by atoms with Gasteiger partial charge in [0.1, 0.15) is 17.6 Å². The Bertz CT molecular complexity index is 861. The van der Waals surface area contributed by atoms with E-state index in [0.717, 1.165) is 3.57 Å². The lowest BCUT2D eigenvalue weighted by atomic mass is 10.2. The summed E-state index contributed by atoms with van der Waals surface area (Å²) in [6, 6.07) is 10.9. The molecule has 2 rings (SSSR count). The molecule has 0 aliphatic carbocycles. The molecule has 0 saturated heterocycles. The zero-order valence-corrected chi connectivity index (χ0v) is 18.1. The number of nitro benzene ring substituents is 1. The fraction of sp³-hybridized carbons (Fsp3) is 0.188. The molecule has 0 saturated carbocycles. The lowest BCUT2D eigenvalue weighted by Gasteiger charge is -2.27. The summed E-state index contributed by atoms with van der Waals surface area (Å²) in [6.07, 6.45) is -1.24. The molecule has 0 fully saturated rings. The van der Waals surface area contributed by atoms with E-state index in [1.165, 1.54) is 25.3 Å². The van der Waals surface area contributed by atoms with Gasteiger partial charge in [-0.25, -0.2) is 0 Å². The van der Waals surface area contributed by atoms with Gasteiger partial charge in [0.25, 0.3) is 11.6 Å². The largest absolute Gasteiger partial charge is 0.496 e. The summed E-state index contributed by atoms with van der Waals surface area (Å²) >= 11 is 19.9. The van der Waals surface area contributed by atoms with Gasteiger partial charge in [-0.15, -0.1) is 0 Å². The zero-order valence-electron chi connectivity index (χ0n) is 13.7. The van der Waals surface area contributed by atoms with Gasteiger partial charge in [0, 0.05) is 9.13 Å². The highest BCUT2D eigenvalue weighted by molar-refractivity contribution is 14.1. The van der Waals surface area contributed by atoms with E-state index < -0.39 is 20.8 Å². The molecular weight excluding hydrogens is 531 g/mol. The fourth-order valence-corrected chi connectivity index (χ4v) is 2.98. The van der Waals surface area contributed by atoms with Crippen LogP contribution in [0.1, 0.15) is 10.4 Å². The maximum atomic E-state index is 12.5. The number of anilines is 1. The first-order valence-electron chi connectivity index (χ1n) is 7.34. The van der Waals surface area contributed by atoms with Gasteiger partial charge < -0.3 is 15.4 Å². The molecule has 0 unspecified atom stereocenters. The summed E-state index contributed by atoms with van der Waals surface area (Å²) in [7, 11) is 1.39. The molecule has 0 aliphatic heterocycles. The van der Waals surface area contributed by atoms with Crippen molar-refractivity contribution in [3.8, 4) is 5.75 Å². The number of nitro groups is 1. The molecule has 0 aliphatic rings. The smallest absolute Gasteiger partial charge is 0.296 e. The molecule has 2 aromatic carbocycles. The molecule has 0 spiro atoms. The van der Waals surface area contributed by atoms with Crippen LogP contribution in [0.5, 0.6) is 5.75 Å². The first-order chi connectivity index (χ1) is 12.6. The lowest BCUT2D eigenvalue weighted by molar-refractivity contribution is -0.384. The predicted molar refractivity (Wildman–Crippen MR) is 114 cm³/mol. The van der Waals surface area contributed by atoms with E-state index >= 15 is 0 Å². The molecule has 11 heteroatoms. The van der Waals surface area contributed by atoms with E-state index in [9.17, 15) is 14.9 Å². The van der Waals surface area contributed by atoms with Crippen LogP contribution in [0.3, 0.4) is 0 Å². The Labute approximate surface area is 183 Å². The lowest BCUT2D eigenvalue weighted by Crippen LogP contribution is -2.49. The van der Waals surface area contributed by atoms with Crippen LogP contribution in [-0.4, -0.2) is 27.9 Å². The van der Waals surface area contributed by atoms with Crippen LogP contribution >= 0.6 is 57.4 Å². The monoisotopic (exact) mass is 543 g/mol. The van der Waals surface area contributed by atoms with Gasteiger partial charge in [-0.1, -0.05) is 40.9 Å². The SMILES string of the molecule is COc1ccc(N[C@H](NC(=O)c2cccc(I)c2)C(Cl)(Cl)Cl)c([N+](=O)[O-])c1. The van der Waals surface area contributed by atoms with Crippen LogP contribution in [0.25, 0.3) is 0 Å². The predicted octanol–water partition coefficient (Wildman–Crippen LogP) is 4.75. The number of rotatable bonds is 6. The minimum atomic E-state index is -1.98. The second-order valence-electron chi connectivity index (χ2n) is 5.24. The van der Waals surface area contributed by atoms with E-state index in [1.807, 2.05) is 6.07 Å². The quantitative estimate of drug-likeness (QED) is 0.180. The highest BCUT2D eigenvalue weighted by atomic mass is 127. The Balaban J connectivity index is 2.31. The van der Waals surface area contributed by atoms with Crippen molar-refractivity contribution in [3.63, 3.8) is 0 Å². The molecule has 0 radical (unpaired) electrons. The number of hydrogen-bond acceptors (Lipinski definition) is 5. The van der Waals surface area contributed by atoms with E-state index in [0.29, 0.717) is 11.3 Å². The highest BCUT2D eigenvalue weighted by Crippen LogP contribution is 2.35. The number of hydrogen-bond donors (Lipinski definition) is 2. The van der Waals surface area contributed by atoms with Crippen molar-refractivity contribution < 1.29 is 14.5 Å². The van der Waals surface area contributed by atoms with Crippen molar-refractivity contribution >= 4 is 74.7 Å². The molecule has 0 bridgehead atoms. The van der Waals surface area contributed by atoms with Gasteiger partial charge in [-0.2, -0.15) is 0 Å². The number of nitrogens with zero attached hydrogens (tertiary/aromatic N) is 1. The van der Waals surface area contributed by atoms with Crippen LogP contribution < -0.4 is 15.4 Å². The Kier molecular flexibility index (Phi) is 7.38. The summed E-state index contributed by atoms with van der Waals surface area (Å²) in [5.41, 5.74) is 0.115. The Morgan fingerprint density at radius 2 is 1.96 bits per heavy atom. The van der Waals surface area contributed by atoms with E-state index in [-0.39, 0.29) is 11.4 Å². The molecule has 27 heavy (non-hydrogen) atoms. The van der Waals surface area contributed by atoms with Crippen molar-refractivity contribution in [2.24, 2.45) is 0 Å². The number of carbonyl (C=O) groups is 1. The number of ether oxygens (including phenoxy) is 1. The maximum Gasteiger partial charge on any atom is 0.296 e. The van der Waals surface area contributed by atoms with Gasteiger partial charge in [0.2, 0.25) is 3.79 Å². The summed E-state index contributed by atoms with van der Waals surface area (Å²) in [6.45, 7) is 0. The van der Waals surface area contributed by atoms with Crippen LogP contribution in [0.4, 0.5) is 11.4 Å². The van der Waals surface area contributed by atoms with Crippen LogP contribution in [0.15, 0.2) is 42.5 Å². The molecule has 1 atom stereocenters. The fourth-order valence-electron chi connectivity index (χ4n) is 2.11. The number of benzene rings is 2. The minimum absolute atomic E-state index is 0.0556.